The average Bonchev–Trinajstić information content (AvgIpc) is 2.82. The largest absolute Gasteiger partial charge is 0.497 e. The van der Waals surface area contributed by atoms with Crippen LogP contribution in [0.3, 0.4) is 0 Å². The molecular formula is C25H24N2O4S. The lowest BCUT2D eigenvalue weighted by atomic mass is 9.99. The lowest BCUT2D eigenvalue weighted by Gasteiger charge is -2.29. The zero-order chi connectivity index (χ0) is 22.6. The van der Waals surface area contributed by atoms with E-state index in [1.165, 1.54) is 11.6 Å². The number of anilines is 1. The standard InChI is InChI=1S/C25H24N2O4S/c1-31-24-12-9-20-13-15-27(18-22(20)17-24)25(28)21-7-10-23(11-8-21)26-32(29,30)16-14-19-5-3-2-4-6-19/h2-12,14,16-17,26H,13,15,18H2,1H3/b16-14+. The van der Waals surface area contributed by atoms with E-state index in [0.717, 1.165) is 28.7 Å². The van der Waals surface area contributed by atoms with Gasteiger partial charge in [-0.15, -0.1) is 0 Å². The molecule has 6 nitrogen and oxygen atoms in total. The third kappa shape index (κ3) is 5.18. The third-order valence-corrected chi connectivity index (χ3v) is 6.36. The Morgan fingerprint density at radius 3 is 2.47 bits per heavy atom. The van der Waals surface area contributed by atoms with E-state index in [-0.39, 0.29) is 5.91 Å². The second-order valence-electron chi connectivity index (χ2n) is 7.55. The molecular weight excluding hydrogens is 424 g/mol. The molecule has 1 N–H and O–H groups in total. The van der Waals surface area contributed by atoms with E-state index in [0.29, 0.717) is 24.3 Å². The Labute approximate surface area is 188 Å². The van der Waals surface area contributed by atoms with Gasteiger partial charge in [0, 0.05) is 24.3 Å². The van der Waals surface area contributed by atoms with Crippen molar-refractivity contribution in [2.24, 2.45) is 0 Å². The lowest BCUT2D eigenvalue weighted by molar-refractivity contribution is 0.0734. The van der Waals surface area contributed by atoms with Gasteiger partial charge in [0.1, 0.15) is 5.75 Å². The van der Waals surface area contributed by atoms with Crippen LogP contribution in [-0.2, 0) is 23.0 Å². The highest BCUT2D eigenvalue weighted by atomic mass is 32.2. The molecule has 4 rings (SSSR count). The molecule has 1 aliphatic rings. The van der Waals surface area contributed by atoms with E-state index in [1.54, 1.807) is 36.3 Å². The van der Waals surface area contributed by atoms with Gasteiger partial charge in [0.15, 0.2) is 0 Å². The van der Waals surface area contributed by atoms with Gasteiger partial charge in [-0.05, 0) is 65.6 Å². The summed E-state index contributed by atoms with van der Waals surface area (Å²) < 4.78 is 32.4. The number of hydrogen-bond donors (Lipinski definition) is 1. The summed E-state index contributed by atoms with van der Waals surface area (Å²) >= 11 is 0. The van der Waals surface area contributed by atoms with E-state index in [1.807, 2.05) is 48.5 Å². The average molecular weight is 449 g/mol. The van der Waals surface area contributed by atoms with Crippen molar-refractivity contribution in [3.63, 3.8) is 0 Å². The molecule has 1 heterocycles. The normalized spacial score (nSPS) is 13.6. The molecule has 0 saturated carbocycles. The Morgan fingerprint density at radius 2 is 1.75 bits per heavy atom. The van der Waals surface area contributed by atoms with Crippen LogP contribution >= 0.6 is 0 Å². The third-order valence-electron chi connectivity index (χ3n) is 5.34. The van der Waals surface area contributed by atoms with E-state index in [4.69, 9.17) is 4.74 Å². The smallest absolute Gasteiger partial charge is 0.255 e. The first-order chi connectivity index (χ1) is 15.4. The number of nitrogens with zero attached hydrogens (tertiary/aromatic N) is 1. The molecule has 0 bridgehead atoms. The van der Waals surface area contributed by atoms with Gasteiger partial charge in [-0.1, -0.05) is 36.4 Å². The molecule has 0 saturated heterocycles. The van der Waals surface area contributed by atoms with Gasteiger partial charge in [0.25, 0.3) is 15.9 Å². The van der Waals surface area contributed by atoms with Crippen LogP contribution in [-0.4, -0.2) is 32.9 Å². The highest BCUT2D eigenvalue weighted by Gasteiger charge is 2.22. The van der Waals surface area contributed by atoms with Gasteiger partial charge < -0.3 is 9.64 Å². The predicted octanol–water partition coefficient (Wildman–Crippen LogP) is 4.31. The molecule has 0 aromatic heterocycles. The van der Waals surface area contributed by atoms with Gasteiger partial charge in [-0.25, -0.2) is 8.42 Å². The lowest BCUT2D eigenvalue weighted by Crippen LogP contribution is -2.35. The van der Waals surface area contributed by atoms with Crippen molar-refractivity contribution < 1.29 is 17.9 Å². The number of carbonyl (C=O) groups is 1. The topological polar surface area (TPSA) is 75.7 Å². The Hall–Kier alpha value is -3.58. The number of fused-ring (bicyclic) bond motifs is 1. The summed E-state index contributed by atoms with van der Waals surface area (Å²) in [6, 6.07) is 21.6. The first kappa shape index (κ1) is 21.6. The summed E-state index contributed by atoms with van der Waals surface area (Å²) in [6.45, 7) is 1.15. The first-order valence-corrected chi connectivity index (χ1v) is 11.8. The van der Waals surface area contributed by atoms with Crippen LogP contribution < -0.4 is 9.46 Å². The summed E-state index contributed by atoms with van der Waals surface area (Å²) in [4.78, 5) is 14.8. The number of hydrogen-bond acceptors (Lipinski definition) is 4. The Bertz CT molecular complexity index is 1240. The number of carbonyl (C=O) groups excluding carboxylic acids is 1. The first-order valence-electron chi connectivity index (χ1n) is 10.2. The monoisotopic (exact) mass is 448 g/mol. The quantitative estimate of drug-likeness (QED) is 0.610. The Morgan fingerprint density at radius 1 is 1.00 bits per heavy atom. The minimum Gasteiger partial charge on any atom is -0.497 e. The van der Waals surface area contributed by atoms with Crippen molar-refractivity contribution in [1.82, 2.24) is 4.90 Å². The van der Waals surface area contributed by atoms with Crippen LogP contribution in [0.4, 0.5) is 5.69 Å². The van der Waals surface area contributed by atoms with Gasteiger partial charge >= 0.3 is 0 Å². The Balaban J connectivity index is 1.42. The number of methoxy groups -OCH3 is 1. The van der Waals surface area contributed by atoms with E-state index in [9.17, 15) is 13.2 Å². The summed E-state index contributed by atoms with van der Waals surface area (Å²) in [5.74, 6) is 0.688. The molecule has 0 spiro atoms. The summed E-state index contributed by atoms with van der Waals surface area (Å²) in [6.07, 6.45) is 2.32. The van der Waals surface area contributed by atoms with Gasteiger partial charge in [0.2, 0.25) is 0 Å². The van der Waals surface area contributed by atoms with Crippen molar-refractivity contribution in [2.45, 2.75) is 13.0 Å². The molecule has 1 amide bonds. The number of rotatable bonds is 6. The van der Waals surface area contributed by atoms with Crippen LogP contribution in [0.2, 0.25) is 0 Å². The molecule has 32 heavy (non-hydrogen) atoms. The number of nitrogens with one attached hydrogen (secondary N) is 1. The molecule has 0 radical (unpaired) electrons. The molecule has 3 aromatic rings. The SMILES string of the molecule is COc1ccc2c(c1)CN(C(=O)c1ccc(NS(=O)(=O)/C=C/c3ccccc3)cc1)CC2. The van der Waals surface area contributed by atoms with Crippen molar-refractivity contribution >= 4 is 27.7 Å². The maximum atomic E-state index is 13.0. The van der Waals surface area contributed by atoms with Crippen molar-refractivity contribution in [3.8, 4) is 5.75 Å². The van der Waals surface area contributed by atoms with Crippen LogP contribution in [0.15, 0.2) is 78.2 Å². The molecule has 0 atom stereocenters. The molecule has 1 aliphatic heterocycles. The molecule has 7 heteroatoms. The van der Waals surface area contributed by atoms with Crippen molar-refractivity contribution in [1.29, 1.82) is 0 Å². The number of sulfonamides is 1. The van der Waals surface area contributed by atoms with E-state index in [2.05, 4.69) is 4.72 Å². The minimum absolute atomic E-state index is 0.0862. The molecule has 0 unspecified atom stereocenters. The van der Waals surface area contributed by atoms with E-state index >= 15 is 0 Å². The number of ether oxygens (including phenoxy) is 1. The van der Waals surface area contributed by atoms with Crippen LogP contribution in [0, 0.1) is 0 Å². The predicted molar refractivity (Wildman–Crippen MR) is 126 cm³/mol. The Kier molecular flexibility index (Phi) is 6.28. The van der Waals surface area contributed by atoms with Crippen molar-refractivity contribution in [3.05, 3.63) is 100 Å². The second kappa shape index (κ2) is 9.28. The fourth-order valence-electron chi connectivity index (χ4n) is 3.63. The highest BCUT2D eigenvalue weighted by Crippen LogP contribution is 2.25. The van der Waals surface area contributed by atoms with Crippen LogP contribution in [0.5, 0.6) is 5.75 Å². The van der Waals surface area contributed by atoms with Crippen LogP contribution in [0.1, 0.15) is 27.0 Å². The highest BCUT2D eigenvalue weighted by molar-refractivity contribution is 7.95. The maximum absolute atomic E-state index is 13.0. The maximum Gasteiger partial charge on any atom is 0.255 e. The molecule has 164 valence electrons. The minimum atomic E-state index is -3.66. The molecule has 0 aliphatic carbocycles. The fourth-order valence-corrected chi connectivity index (χ4v) is 4.50. The van der Waals surface area contributed by atoms with Crippen molar-refractivity contribution in [2.75, 3.05) is 18.4 Å². The summed E-state index contributed by atoms with van der Waals surface area (Å²) in [5.41, 5.74) is 4.01. The van der Waals surface area contributed by atoms with E-state index < -0.39 is 10.0 Å². The van der Waals surface area contributed by atoms with Gasteiger partial charge in [0.05, 0.1) is 12.5 Å². The zero-order valence-corrected chi connectivity index (χ0v) is 18.5. The molecule has 0 fully saturated rings. The molecule has 3 aromatic carbocycles. The van der Waals surface area contributed by atoms with Crippen LogP contribution in [0.25, 0.3) is 6.08 Å². The number of amides is 1. The number of benzene rings is 3. The summed E-state index contributed by atoms with van der Waals surface area (Å²) in [5, 5.41) is 1.13. The zero-order valence-electron chi connectivity index (χ0n) is 17.7. The summed E-state index contributed by atoms with van der Waals surface area (Å²) in [7, 11) is -2.04. The second-order valence-corrected chi connectivity index (χ2v) is 9.12. The van der Waals surface area contributed by atoms with Gasteiger partial charge in [-0.2, -0.15) is 0 Å². The fraction of sp³-hybridized carbons (Fsp3) is 0.160. The van der Waals surface area contributed by atoms with Gasteiger partial charge in [-0.3, -0.25) is 9.52 Å².